The van der Waals surface area contributed by atoms with Gasteiger partial charge in [-0.05, 0) is 45.8 Å². The molecular formula is C21H24BrNO5. The van der Waals surface area contributed by atoms with Gasteiger partial charge in [-0.2, -0.15) is 0 Å². The van der Waals surface area contributed by atoms with Gasteiger partial charge in [0.1, 0.15) is 11.5 Å². The fourth-order valence-corrected chi connectivity index (χ4v) is 3.19. The third kappa shape index (κ3) is 4.59. The Labute approximate surface area is 173 Å². The van der Waals surface area contributed by atoms with Gasteiger partial charge in [-0.3, -0.25) is 4.79 Å². The summed E-state index contributed by atoms with van der Waals surface area (Å²) < 4.78 is 21.7. The Hall–Kier alpha value is -2.67. The van der Waals surface area contributed by atoms with E-state index in [0.29, 0.717) is 27.3 Å². The fraction of sp³-hybridized carbons (Fsp3) is 0.286. The maximum absolute atomic E-state index is 13.1. The molecule has 2 rings (SSSR count). The van der Waals surface area contributed by atoms with Gasteiger partial charge in [0.2, 0.25) is 5.78 Å². The standard InChI is InChI=1S/C21H24BrNO5/c1-23(2)17-10-13(7-8-18(17)26-4)9-16(22)20(24)15-11-14(25-3)12-19(27-5)21(15)28-6/h7-12H,1-6H3. The van der Waals surface area contributed by atoms with Crippen molar-refractivity contribution < 1.29 is 23.7 Å². The van der Waals surface area contributed by atoms with E-state index in [4.69, 9.17) is 18.9 Å². The molecular weight excluding hydrogens is 426 g/mol. The number of nitrogens with zero attached hydrogens (tertiary/aromatic N) is 1. The first-order chi connectivity index (χ1) is 13.4. The summed E-state index contributed by atoms with van der Waals surface area (Å²) in [5, 5.41) is 0. The van der Waals surface area contributed by atoms with Crippen molar-refractivity contribution in [1.82, 2.24) is 0 Å². The molecule has 0 radical (unpaired) electrons. The van der Waals surface area contributed by atoms with E-state index in [0.717, 1.165) is 17.0 Å². The second-order valence-corrected chi connectivity index (χ2v) is 6.91. The number of carbonyl (C=O) groups excluding carboxylic acids is 1. The largest absolute Gasteiger partial charge is 0.497 e. The molecule has 28 heavy (non-hydrogen) atoms. The summed E-state index contributed by atoms with van der Waals surface area (Å²) >= 11 is 3.40. The highest BCUT2D eigenvalue weighted by Crippen LogP contribution is 2.38. The van der Waals surface area contributed by atoms with Gasteiger partial charge in [-0.15, -0.1) is 0 Å². The summed E-state index contributed by atoms with van der Waals surface area (Å²) in [5.41, 5.74) is 2.09. The first-order valence-electron chi connectivity index (χ1n) is 8.43. The molecule has 0 aromatic heterocycles. The molecule has 0 saturated carbocycles. The van der Waals surface area contributed by atoms with Gasteiger partial charge >= 0.3 is 0 Å². The van der Waals surface area contributed by atoms with E-state index in [2.05, 4.69) is 15.9 Å². The van der Waals surface area contributed by atoms with E-state index in [1.54, 1.807) is 25.3 Å². The lowest BCUT2D eigenvalue weighted by atomic mass is 10.1. The number of rotatable bonds is 8. The van der Waals surface area contributed by atoms with Crippen LogP contribution >= 0.6 is 15.9 Å². The quantitative estimate of drug-likeness (QED) is 0.439. The number of hydrogen-bond donors (Lipinski definition) is 0. The van der Waals surface area contributed by atoms with Crippen LogP contribution in [-0.4, -0.2) is 48.3 Å². The van der Waals surface area contributed by atoms with E-state index in [1.165, 1.54) is 21.3 Å². The number of ether oxygens (including phenoxy) is 4. The minimum Gasteiger partial charge on any atom is -0.497 e. The highest BCUT2D eigenvalue weighted by atomic mass is 79.9. The molecule has 0 aliphatic rings. The summed E-state index contributed by atoms with van der Waals surface area (Å²) in [6.07, 6.45) is 1.75. The zero-order valence-corrected chi connectivity index (χ0v) is 18.4. The first-order valence-corrected chi connectivity index (χ1v) is 9.22. The molecule has 7 heteroatoms. The van der Waals surface area contributed by atoms with Crippen molar-refractivity contribution in [2.45, 2.75) is 0 Å². The number of allylic oxidation sites excluding steroid dienone is 1. The van der Waals surface area contributed by atoms with Crippen LogP contribution in [0.1, 0.15) is 15.9 Å². The number of hydrogen-bond acceptors (Lipinski definition) is 6. The molecule has 2 aromatic carbocycles. The topological polar surface area (TPSA) is 57.2 Å². The molecule has 0 bridgehead atoms. The van der Waals surface area contributed by atoms with Crippen molar-refractivity contribution in [3.63, 3.8) is 0 Å². The van der Waals surface area contributed by atoms with Crippen molar-refractivity contribution in [3.05, 3.63) is 45.9 Å². The lowest BCUT2D eigenvalue weighted by molar-refractivity contribution is 0.104. The first kappa shape index (κ1) is 21.6. The molecule has 0 fully saturated rings. The monoisotopic (exact) mass is 449 g/mol. The van der Waals surface area contributed by atoms with Gasteiger partial charge in [0.05, 0.1) is 44.2 Å². The Morgan fingerprint density at radius 2 is 1.61 bits per heavy atom. The van der Waals surface area contributed by atoms with Gasteiger partial charge in [0.25, 0.3) is 0 Å². The van der Waals surface area contributed by atoms with Crippen LogP contribution in [-0.2, 0) is 0 Å². The fourth-order valence-electron chi connectivity index (χ4n) is 2.71. The lowest BCUT2D eigenvalue weighted by Crippen LogP contribution is -2.10. The van der Waals surface area contributed by atoms with Crippen LogP contribution < -0.4 is 23.8 Å². The number of benzene rings is 2. The van der Waals surface area contributed by atoms with Crippen molar-refractivity contribution in [2.75, 3.05) is 47.4 Å². The van der Waals surface area contributed by atoms with Gasteiger partial charge < -0.3 is 23.8 Å². The lowest BCUT2D eigenvalue weighted by Gasteiger charge is -2.17. The second kappa shape index (κ2) is 9.50. The van der Waals surface area contributed by atoms with Crippen LogP contribution in [0.5, 0.6) is 23.0 Å². The van der Waals surface area contributed by atoms with E-state index in [-0.39, 0.29) is 5.78 Å². The van der Waals surface area contributed by atoms with Gasteiger partial charge in [-0.1, -0.05) is 6.07 Å². The molecule has 0 aliphatic carbocycles. The van der Waals surface area contributed by atoms with Crippen molar-refractivity contribution in [2.24, 2.45) is 0 Å². The van der Waals surface area contributed by atoms with Crippen molar-refractivity contribution >= 4 is 33.5 Å². The zero-order valence-electron chi connectivity index (χ0n) is 16.8. The SMILES string of the molecule is COc1cc(OC)c(OC)c(C(=O)C(Br)=Cc2ccc(OC)c(N(C)C)c2)c1. The molecule has 2 aromatic rings. The maximum atomic E-state index is 13.1. The highest BCUT2D eigenvalue weighted by molar-refractivity contribution is 9.12. The Bertz CT molecular complexity index is 893. The molecule has 0 heterocycles. The minimum atomic E-state index is -0.253. The van der Waals surface area contributed by atoms with Crippen LogP contribution in [0, 0.1) is 0 Å². The number of ketones is 1. The molecule has 0 saturated heterocycles. The number of Topliss-reactive ketones (excluding diaryl/α,β-unsaturated/α-hetero) is 1. The van der Waals surface area contributed by atoms with Crippen LogP contribution in [0.3, 0.4) is 0 Å². The summed E-state index contributed by atoms with van der Waals surface area (Å²) in [6, 6.07) is 8.97. The smallest absolute Gasteiger partial charge is 0.203 e. The highest BCUT2D eigenvalue weighted by Gasteiger charge is 2.21. The molecule has 0 N–H and O–H groups in total. The van der Waals surface area contributed by atoms with Crippen LogP contribution in [0.15, 0.2) is 34.8 Å². The molecule has 0 amide bonds. The van der Waals surface area contributed by atoms with Gasteiger partial charge in [0, 0.05) is 20.2 Å². The Kier molecular flexibility index (Phi) is 7.34. The number of carbonyl (C=O) groups is 1. The second-order valence-electron chi connectivity index (χ2n) is 6.06. The molecule has 0 atom stereocenters. The number of halogens is 1. The molecule has 150 valence electrons. The molecule has 0 spiro atoms. The van der Waals surface area contributed by atoms with Crippen LogP contribution in [0.4, 0.5) is 5.69 Å². The van der Waals surface area contributed by atoms with E-state index >= 15 is 0 Å². The van der Waals surface area contributed by atoms with Crippen molar-refractivity contribution in [3.8, 4) is 23.0 Å². The third-order valence-corrected chi connectivity index (χ3v) is 4.72. The number of anilines is 1. The predicted molar refractivity (Wildman–Crippen MR) is 115 cm³/mol. The Morgan fingerprint density at radius 1 is 0.929 bits per heavy atom. The zero-order chi connectivity index (χ0) is 20.8. The average Bonchev–Trinajstić information content (AvgIpc) is 2.71. The van der Waals surface area contributed by atoms with E-state index in [1.807, 2.05) is 37.2 Å². The normalized spacial score (nSPS) is 11.0. The average molecular weight is 450 g/mol. The van der Waals surface area contributed by atoms with Gasteiger partial charge in [-0.25, -0.2) is 0 Å². The summed E-state index contributed by atoms with van der Waals surface area (Å²) in [4.78, 5) is 15.0. The molecule has 0 aliphatic heterocycles. The maximum Gasteiger partial charge on any atom is 0.203 e. The van der Waals surface area contributed by atoms with Crippen molar-refractivity contribution in [1.29, 1.82) is 0 Å². The minimum absolute atomic E-state index is 0.253. The van der Waals surface area contributed by atoms with Gasteiger partial charge in [0.15, 0.2) is 11.5 Å². The summed E-state index contributed by atoms with van der Waals surface area (Å²) in [7, 11) is 10.0. The van der Waals surface area contributed by atoms with Crippen LogP contribution in [0.2, 0.25) is 0 Å². The van der Waals surface area contributed by atoms with Crippen LogP contribution in [0.25, 0.3) is 6.08 Å². The molecule has 0 unspecified atom stereocenters. The third-order valence-electron chi connectivity index (χ3n) is 4.13. The number of methoxy groups -OCH3 is 4. The van der Waals surface area contributed by atoms with E-state index in [9.17, 15) is 4.79 Å². The Balaban J connectivity index is 2.49. The summed E-state index contributed by atoms with van der Waals surface area (Å²) in [6.45, 7) is 0. The van der Waals surface area contributed by atoms with E-state index < -0.39 is 0 Å². The predicted octanol–water partition coefficient (Wildman–Crippen LogP) is 4.41. The Morgan fingerprint density at radius 3 is 2.14 bits per heavy atom. The molecule has 6 nitrogen and oxygen atoms in total. The summed E-state index contributed by atoms with van der Waals surface area (Å²) in [5.74, 6) is 1.77.